The number of aromatic nitrogens is 2. The summed E-state index contributed by atoms with van der Waals surface area (Å²) in [5, 5.41) is 10.3. The molecule has 0 aromatic carbocycles. The van der Waals surface area contributed by atoms with E-state index in [2.05, 4.69) is 31.2 Å². The second-order valence-corrected chi connectivity index (χ2v) is 14.2. The van der Waals surface area contributed by atoms with Crippen molar-refractivity contribution in [3.8, 4) is 0 Å². The van der Waals surface area contributed by atoms with E-state index in [4.69, 9.17) is 0 Å². The number of rotatable bonds is 14. The number of carbonyl (C=O) groups excluding carboxylic acids is 6. The molecule has 13 nitrogen and oxygen atoms in total. The summed E-state index contributed by atoms with van der Waals surface area (Å²) in [5.41, 5.74) is -0.845. The van der Waals surface area contributed by atoms with Crippen LogP contribution in [0.15, 0.2) is 18.6 Å². The molecule has 0 radical (unpaired) electrons. The summed E-state index contributed by atoms with van der Waals surface area (Å²) in [6, 6.07) is -5.46. The maximum atomic E-state index is 14.3. The third-order valence-electron chi connectivity index (χ3n) is 9.13. The Labute approximate surface area is 280 Å². The lowest BCUT2D eigenvalue weighted by molar-refractivity contribution is -0.146. The van der Waals surface area contributed by atoms with Crippen LogP contribution in [0.4, 0.5) is 8.78 Å². The van der Waals surface area contributed by atoms with Crippen LogP contribution in [0, 0.1) is 23.2 Å². The SMILES string of the molecule is CC[C@H](C)NC(=O)C(=O)C(CC(F)F)NC(=O)C1[C@H]2CCC[C@H]2CN1C(=O)C(NC(=O)[C@H](NC(=O)c1cnccn1)C(C)C)C(C)(C)C. The van der Waals surface area contributed by atoms with Gasteiger partial charge in [-0.1, -0.05) is 48.0 Å². The monoisotopic (exact) mass is 677 g/mol. The average Bonchev–Trinajstić information content (AvgIpc) is 3.62. The van der Waals surface area contributed by atoms with Crippen LogP contribution >= 0.6 is 0 Å². The normalized spacial score (nSPS) is 21.6. The first-order chi connectivity index (χ1) is 22.5. The molecule has 15 heteroatoms. The third kappa shape index (κ3) is 9.53. The van der Waals surface area contributed by atoms with E-state index in [1.54, 1.807) is 48.5 Å². The Balaban J connectivity index is 1.86. The minimum absolute atomic E-state index is 0.0119. The zero-order valence-corrected chi connectivity index (χ0v) is 28.7. The van der Waals surface area contributed by atoms with Crippen molar-refractivity contribution < 1.29 is 37.5 Å². The Hall–Kier alpha value is -4.04. The van der Waals surface area contributed by atoms with Crippen molar-refractivity contribution in [1.82, 2.24) is 36.1 Å². The number of hydrogen-bond acceptors (Lipinski definition) is 8. The summed E-state index contributed by atoms with van der Waals surface area (Å²) in [7, 11) is 0. The van der Waals surface area contributed by atoms with Crippen LogP contribution < -0.4 is 21.3 Å². The van der Waals surface area contributed by atoms with Crippen LogP contribution in [0.3, 0.4) is 0 Å². The van der Waals surface area contributed by atoms with Gasteiger partial charge in [-0.2, -0.15) is 0 Å². The van der Waals surface area contributed by atoms with Gasteiger partial charge in [0.05, 0.1) is 6.20 Å². The molecule has 48 heavy (non-hydrogen) atoms. The highest BCUT2D eigenvalue weighted by atomic mass is 19.3. The molecule has 3 rings (SSSR count). The van der Waals surface area contributed by atoms with Crippen molar-refractivity contribution in [2.45, 2.75) is 117 Å². The molecule has 2 aliphatic rings. The fourth-order valence-electron chi connectivity index (χ4n) is 6.30. The molecule has 5 amide bonds. The Kier molecular flexibility index (Phi) is 13.1. The van der Waals surface area contributed by atoms with E-state index in [9.17, 15) is 37.5 Å². The number of fused-ring (bicyclic) bond motifs is 1. The molecule has 0 spiro atoms. The van der Waals surface area contributed by atoms with Crippen LogP contribution in [0.5, 0.6) is 0 Å². The van der Waals surface area contributed by atoms with Crippen molar-refractivity contribution in [3.05, 3.63) is 24.3 Å². The first kappa shape index (κ1) is 38.4. The van der Waals surface area contributed by atoms with E-state index in [-0.39, 0.29) is 36.0 Å². The molecule has 2 heterocycles. The number of alkyl halides is 2. The molecule has 2 fully saturated rings. The van der Waals surface area contributed by atoms with Crippen LogP contribution in [0.1, 0.15) is 91.1 Å². The first-order valence-corrected chi connectivity index (χ1v) is 16.6. The Morgan fingerprint density at radius 1 is 0.979 bits per heavy atom. The lowest BCUT2D eigenvalue weighted by Gasteiger charge is -2.37. The second-order valence-electron chi connectivity index (χ2n) is 14.2. The highest BCUT2D eigenvalue weighted by Crippen LogP contribution is 2.43. The number of carbonyl (C=O) groups is 6. The van der Waals surface area contributed by atoms with Crippen LogP contribution in [-0.2, 0) is 24.0 Å². The molecule has 1 aromatic heterocycles. The molecule has 1 aromatic rings. The van der Waals surface area contributed by atoms with Gasteiger partial charge in [0.1, 0.15) is 29.9 Å². The largest absolute Gasteiger partial charge is 0.347 e. The number of nitrogens with one attached hydrogen (secondary N) is 4. The van der Waals surface area contributed by atoms with Gasteiger partial charge >= 0.3 is 0 Å². The topological polar surface area (TPSA) is 180 Å². The van der Waals surface area contributed by atoms with Crippen LogP contribution in [0.25, 0.3) is 0 Å². The van der Waals surface area contributed by atoms with Gasteiger partial charge in [-0.15, -0.1) is 0 Å². The fraction of sp³-hybridized carbons (Fsp3) is 0.697. The maximum Gasteiger partial charge on any atom is 0.289 e. The molecule has 7 atom stereocenters. The number of hydrogen-bond donors (Lipinski definition) is 4. The summed E-state index contributed by atoms with van der Waals surface area (Å²) in [5.74, 6) is -5.59. The van der Waals surface area contributed by atoms with Gasteiger partial charge < -0.3 is 26.2 Å². The molecule has 1 aliphatic heterocycles. The summed E-state index contributed by atoms with van der Waals surface area (Å²) in [6.45, 7) is 12.3. The van der Waals surface area contributed by atoms with E-state index < -0.39 is 77.7 Å². The Bertz CT molecular complexity index is 1340. The van der Waals surface area contributed by atoms with Crippen molar-refractivity contribution in [1.29, 1.82) is 0 Å². The van der Waals surface area contributed by atoms with E-state index in [0.717, 1.165) is 12.8 Å². The minimum Gasteiger partial charge on any atom is -0.347 e. The van der Waals surface area contributed by atoms with Gasteiger partial charge in [0, 0.05) is 31.4 Å². The summed E-state index contributed by atoms with van der Waals surface area (Å²) in [4.78, 5) is 89.4. The standard InChI is InChI=1S/C33H49F2N7O6/c1-8-18(4)38-31(47)26(43)21(14-23(34)35)39-30(46)25-20-11-9-10-19(20)16-42(25)32(48)27(33(5,6)7)41-29(45)24(17(2)3)40-28(44)22-15-36-12-13-37-22/h12-13,15,17-21,23-25,27H,8-11,14,16H2,1-7H3,(H,38,47)(H,39,46)(H,40,44)(H,41,45)/t18-,19-,20-,21?,24+,25?,27?/m0/s1. The molecule has 0 bridgehead atoms. The van der Waals surface area contributed by atoms with Crippen molar-refractivity contribution >= 4 is 35.3 Å². The highest BCUT2D eigenvalue weighted by Gasteiger charge is 2.52. The number of halogens is 2. The summed E-state index contributed by atoms with van der Waals surface area (Å²) < 4.78 is 27.1. The third-order valence-corrected chi connectivity index (χ3v) is 9.13. The van der Waals surface area contributed by atoms with E-state index in [0.29, 0.717) is 12.8 Å². The van der Waals surface area contributed by atoms with Gasteiger partial charge in [0.25, 0.3) is 11.8 Å². The Morgan fingerprint density at radius 3 is 2.23 bits per heavy atom. The van der Waals surface area contributed by atoms with Crippen molar-refractivity contribution in [2.24, 2.45) is 23.2 Å². The number of ketones is 1. The fourth-order valence-corrected chi connectivity index (χ4v) is 6.30. The predicted molar refractivity (Wildman–Crippen MR) is 171 cm³/mol. The van der Waals surface area contributed by atoms with Crippen molar-refractivity contribution in [3.63, 3.8) is 0 Å². The first-order valence-electron chi connectivity index (χ1n) is 16.6. The van der Waals surface area contributed by atoms with Crippen LogP contribution in [-0.4, -0.2) is 93.4 Å². The quantitative estimate of drug-likeness (QED) is 0.216. The van der Waals surface area contributed by atoms with Gasteiger partial charge in [-0.25, -0.2) is 13.8 Å². The smallest absolute Gasteiger partial charge is 0.289 e. The van der Waals surface area contributed by atoms with Gasteiger partial charge in [-0.05, 0) is 49.4 Å². The molecule has 1 aliphatic carbocycles. The lowest BCUT2D eigenvalue weighted by atomic mass is 9.85. The number of amides is 5. The van der Waals surface area contributed by atoms with Gasteiger partial charge in [0.15, 0.2) is 0 Å². The van der Waals surface area contributed by atoms with E-state index in [1.165, 1.54) is 23.5 Å². The zero-order valence-electron chi connectivity index (χ0n) is 28.7. The molecular formula is C33H49F2N7O6. The van der Waals surface area contributed by atoms with E-state index in [1.807, 2.05) is 0 Å². The lowest BCUT2D eigenvalue weighted by Crippen LogP contribution is -2.62. The molecule has 3 unspecified atom stereocenters. The zero-order chi connectivity index (χ0) is 35.9. The molecule has 4 N–H and O–H groups in total. The molecular weight excluding hydrogens is 628 g/mol. The molecule has 1 saturated heterocycles. The average molecular weight is 678 g/mol. The second kappa shape index (κ2) is 16.4. The maximum absolute atomic E-state index is 14.3. The van der Waals surface area contributed by atoms with Gasteiger partial charge in [0.2, 0.25) is 29.9 Å². The number of nitrogens with zero attached hydrogens (tertiary/aromatic N) is 3. The molecule has 1 saturated carbocycles. The summed E-state index contributed by atoms with van der Waals surface area (Å²) >= 11 is 0. The van der Waals surface area contributed by atoms with Gasteiger partial charge in [-0.3, -0.25) is 33.8 Å². The molecule has 266 valence electrons. The highest BCUT2D eigenvalue weighted by molar-refractivity contribution is 6.38. The predicted octanol–water partition coefficient (Wildman–Crippen LogP) is 2.01. The Morgan fingerprint density at radius 2 is 1.67 bits per heavy atom. The minimum atomic E-state index is -2.99. The van der Waals surface area contributed by atoms with Crippen LogP contribution in [0.2, 0.25) is 0 Å². The van der Waals surface area contributed by atoms with E-state index >= 15 is 0 Å². The number of likely N-dealkylation sites (tertiary alicyclic amines) is 1. The number of Topliss-reactive ketones (excluding diaryl/α,β-unsaturated/α-hetero) is 1. The summed E-state index contributed by atoms with van der Waals surface area (Å²) in [6.07, 6.45) is 2.62. The van der Waals surface area contributed by atoms with Crippen molar-refractivity contribution in [2.75, 3.05) is 6.54 Å².